The van der Waals surface area contributed by atoms with E-state index in [0.717, 1.165) is 28.8 Å². The van der Waals surface area contributed by atoms with Crippen LogP contribution in [0.15, 0.2) is 77.7 Å². The van der Waals surface area contributed by atoms with Crippen molar-refractivity contribution in [1.82, 2.24) is 4.72 Å². The zero-order chi connectivity index (χ0) is 25.0. The number of hydrogen-bond acceptors (Lipinski definition) is 4. The van der Waals surface area contributed by atoms with Gasteiger partial charge in [-0.25, -0.2) is 8.42 Å². The highest BCUT2D eigenvalue weighted by atomic mass is 32.2. The molecule has 0 saturated heterocycles. The largest absolute Gasteiger partial charge is 0.325 e. The van der Waals surface area contributed by atoms with E-state index in [-0.39, 0.29) is 17.2 Å². The highest BCUT2D eigenvalue weighted by molar-refractivity contribution is 7.89. The molecule has 7 nitrogen and oxygen atoms in total. The summed E-state index contributed by atoms with van der Waals surface area (Å²) in [5, 5.41) is 2.84. The van der Waals surface area contributed by atoms with E-state index in [1.165, 1.54) is 13.0 Å². The molecule has 1 heterocycles. The third-order valence-corrected chi connectivity index (χ3v) is 7.63. The lowest BCUT2D eigenvalue weighted by Crippen LogP contribution is -2.45. The summed E-state index contributed by atoms with van der Waals surface area (Å²) in [4.78, 5) is 26.7. The zero-order valence-electron chi connectivity index (χ0n) is 19.8. The Morgan fingerprint density at radius 2 is 1.69 bits per heavy atom. The lowest BCUT2D eigenvalue weighted by Gasteiger charge is -2.20. The number of rotatable bonds is 8. The number of benzene rings is 3. The van der Waals surface area contributed by atoms with E-state index in [9.17, 15) is 18.0 Å². The molecule has 0 radical (unpaired) electrons. The van der Waals surface area contributed by atoms with E-state index < -0.39 is 22.0 Å². The van der Waals surface area contributed by atoms with Crippen LogP contribution in [0.4, 0.5) is 11.4 Å². The molecule has 0 aromatic heterocycles. The molecular weight excluding hydrogens is 462 g/mol. The fourth-order valence-corrected chi connectivity index (χ4v) is 5.46. The number of aryl methyl sites for hydroxylation is 1. The van der Waals surface area contributed by atoms with Gasteiger partial charge in [0.2, 0.25) is 21.8 Å². The van der Waals surface area contributed by atoms with E-state index in [1.807, 2.05) is 54.6 Å². The molecule has 0 unspecified atom stereocenters. The van der Waals surface area contributed by atoms with Gasteiger partial charge in [-0.1, -0.05) is 49.4 Å². The minimum absolute atomic E-state index is 0.0693. The smallest absolute Gasteiger partial charge is 0.242 e. The van der Waals surface area contributed by atoms with Crippen molar-refractivity contribution in [3.05, 3.63) is 89.5 Å². The number of nitrogens with one attached hydrogen (secondary N) is 2. The molecule has 0 aliphatic carbocycles. The second kappa shape index (κ2) is 10.4. The average Bonchev–Trinajstić information content (AvgIpc) is 3.28. The Balaban J connectivity index is 1.58. The van der Waals surface area contributed by atoms with Crippen molar-refractivity contribution in [2.24, 2.45) is 0 Å². The number of sulfonamides is 1. The number of hydrogen-bond donors (Lipinski definition) is 2. The molecule has 0 saturated carbocycles. The molecule has 182 valence electrons. The van der Waals surface area contributed by atoms with Crippen LogP contribution < -0.4 is 14.9 Å². The van der Waals surface area contributed by atoms with Gasteiger partial charge >= 0.3 is 0 Å². The van der Waals surface area contributed by atoms with Crippen molar-refractivity contribution in [3.63, 3.8) is 0 Å². The van der Waals surface area contributed by atoms with Crippen molar-refractivity contribution >= 4 is 33.2 Å². The standard InChI is InChI=1S/C27H29N3O4S/c1-3-20-9-11-23(12-10-20)28-27(32)25(17-21-7-5-4-6-8-21)29-35(33,34)24-13-14-26-22(18-24)15-16-30(26)19(2)31/h4-14,18,25,29H,3,15-17H2,1-2H3,(H,28,32)/t25-/m1/s1. The van der Waals surface area contributed by atoms with Gasteiger partial charge < -0.3 is 10.2 Å². The van der Waals surface area contributed by atoms with Crippen molar-refractivity contribution in [2.75, 3.05) is 16.8 Å². The maximum atomic E-state index is 13.3. The van der Waals surface area contributed by atoms with E-state index in [0.29, 0.717) is 18.7 Å². The predicted octanol–water partition coefficient (Wildman–Crippen LogP) is 3.69. The van der Waals surface area contributed by atoms with Crippen LogP contribution in [0.3, 0.4) is 0 Å². The third-order valence-electron chi connectivity index (χ3n) is 6.16. The second-order valence-corrected chi connectivity index (χ2v) is 10.3. The van der Waals surface area contributed by atoms with Crippen molar-refractivity contribution in [2.45, 2.75) is 44.0 Å². The van der Waals surface area contributed by atoms with Gasteiger partial charge in [-0.15, -0.1) is 0 Å². The second-order valence-electron chi connectivity index (χ2n) is 8.61. The van der Waals surface area contributed by atoms with Crippen molar-refractivity contribution in [3.8, 4) is 0 Å². The van der Waals surface area contributed by atoms with Crippen molar-refractivity contribution < 1.29 is 18.0 Å². The summed E-state index contributed by atoms with van der Waals surface area (Å²) in [6.45, 7) is 4.07. The van der Waals surface area contributed by atoms with Crippen LogP contribution in [-0.2, 0) is 38.9 Å². The molecule has 1 aliphatic heterocycles. The van der Waals surface area contributed by atoms with Crippen LogP contribution in [0.1, 0.15) is 30.5 Å². The molecule has 0 spiro atoms. The highest BCUT2D eigenvalue weighted by Gasteiger charge is 2.29. The van der Waals surface area contributed by atoms with Gasteiger partial charge in [0.1, 0.15) is 6.04 Å². The lowest BCUT2D eigenvalue weighted by atomic mass is 10.1. The van der Waals surface area contributed by atoms with Gasteiger partial charge in [0, 0.05) is 24.8 Å². The lowest BCUT2D eigenvalue weighted by molar-refractivity contribution is -0.118. The van der Waals surface area contributed by atoms with Gasteiger partial charge in [0.05, 0.1) is 4.90 Å². The van der Waals surface area contributed by atoms with Gasteiger partial charge in [0.25, 0.3) is 0 Å². The molecule has 8 heteroatoms. The predicted molar refractivity (Wildman–Crippen MR) is 137 cm³/mol. The fraction of sp³-hybridized carbons (Fsp3) is 0.259. The number of anilines is 2. The maximum absolute atomic E-state index is 13.3. The molecule has 35 heavy (non-hydrogen) atoms. The minimum Gasteiger partial charge on any atom is -0.325 e. The molecule has 3 aromatic carbocycles. The first-order valence-corrected chi connectivity index (χ1v) is 13.1. The van der Waals surface area contributed by atoms with Gasteiger partial charge in [-0.3, -0.25) is 9.59 Å². The van der Waals surface area contributed by atoms with Crippen LogP contribution in [0, 0.1) is 0 Å². The summed E-state index contributed by atoms with van der Waals surface area (Å²) in [5.41, 5.74) is 4.10. The molecule has 3 aromatic rings. The summed E-state index contributed by atoms with van der Waals surface area (Å²) in [6.07, 6.45) is 1.66. The molecule has 1 aliphatic rings. The summed E-state index contributed by atoms with van der Waals surface area (Å²) < 4.78 is 29.2. The Kier molecular flexibility index (Phi) is 7.33. The maximum Gasteiger partial charge on any atom is 0.242 e. The number of nitrogens with zero attached hydrogens (tertiary/aromatic N) is 1. The molecule has 0 bridgehead atoms. The van der Waals surface area contributed by atoms with Crippen LogP contribution in [-0.4, -0.2) is 32.8 Å². The van der Waals surface area contributed by atoms with Gasteiger partial charge in [-0.05, 0) is 66.3 Å². The summed E-state index contributed by atoms with van der Waals surface area (Å²) in [7, 11) is -4.00. The van der Waals surface area contributed by atoms with Crippen molar-refractivity contribution in [1.29, 1.82) is 0 Å². The first kappa shape index (κ1) is 24.6. The first-order chi connectivity index (χ1) is 16.8. The monoisotopic (exact) mass is 491 g/mol. The van der Waals surface area contributed by atoms with Gasteiger partial charge in [-0.2, -0.15) is 4.72 Å². The van der Waals surface area contributed by atoms with Crippen LogP contribution >= 0.6 is 0 Å². The van der Waals surface area contributed by atoms with Crippen LogP contribution in [0.25, 0.3) is 0 Å². The topological polar surface area (TPSA) is 95.6 Å². The van der Waals surface area contributed by atoms with Gasteiger partial charge in [0.15, 0.2) is 0 Å². The summed E-state index contributed by atoms with van der Waals surface area (Å²) >= 11 is 0. The fourth-order valence-electron chi connectivity index (χ4n) is 4.22. The summed E-state index contributed by atoms with van der Waals surface area (Å²) in [6, 6.07) is 20.5. The number of carbonyl (C=O) groups is 2. The van der Waals surface area contributed by atoms with E-state index in [2.05, 4.69) is 17.0 Å². The molecule has 1 atom stereocenters. The quantitative estimate of drug-likeness (QED) is 0.502. The molecule has 2 N–H and O–H groups in total. The zero-order valence-corrected chi connectivity index (χ0v) is 20.6. The molecule has 4 rings (SSSR count). The first-order valence-electron chi connectivity index (χ1n) is 11.6. The molecular formula is C27H29N3O4S. The normalized spacial score (nSPS) is 13.8. The Bertz CT molecular complexity index is 1320. The van der Waals surface area contributed by atoms with E-state index in [1.54, 1.807) is 17.0 Å². The molecule has 0 fully saturated rings. The van der Waals surface area contributed by atoms with Crippen LogP contribution in [0.2, 0.25) is 0 Å². The Hall–Kier alpha value is -3.49. The van der Waals surface area contributed by atoms with E-state index >= 15 is 0 Å². The SMILES string of the molecule is CCc1ccc(NC(=O)[C@@H](Cc2ccccc2)NS(=O)(=O)c2ccc3c(c2)CCN3C(C)=O)cc1. The number of carbonyl (C=O) groups excluding carboxylic acids is 2. The average molecular weight is 492 g/mol. The number of fused-ring (bicyclic) bond motifs is 1. The molecule has 2 amide bonds. The number of amides is 2. The Morgan fingerprint density at radius 3 is 2.34 bits per heavy atom. The van der Waals surface area contributed by atoms with E-state index in [4.69, 9.17) is 0 Å². The third kappa shape index (κ3) is 5.78. The summed E-state index contributed by atoms with van der Waals surface area (Å²) in [5.74, 6) is -0.519. The Labute approximate surface area is 206 Å². The Morgan fingerprint density at radius 1 is 0.971 bits per heavy atom. The highest BCUT2D eigenvalue weighted by Crippen LogP contribution is 2.30. The van der Waals surface area contributed by atoms with Crippen LogP contribution in [0.5, 0.6) is 0 Å². The minimum atomic E-state index is -4.00.